The highest BCUT2D eigenvalue weighted by Gasteiger charge is 2.18. The molecule has 0 aliphatic heterocycles. The Morgan fingerprint density at radius 2 is 2.09 bits per heavy atom. The van der Waals surface area contributed by atoms with Crippen LogP contribution in [0.1, 0.15) is 29.3 Å². The standard InChI is InChI=1S/C14H12ClN5O2/c1-8(17-13(21)11-6-7-16-19-11)14-18-12(20-22-14)9-2-4-10(15)5-3-9/h2-8H,1H3,(H,16,19)(H,17,21). The number of aromatic amines is 1. The van der Waals surface area contributed by atoms with Gasteiger partial charge in [0, 0.05) is 16.8 Å². The minimum absolute atomic E-state index is 0.295. The van der Waals surface area contributed by atoms with Crippen molar-refractivity contribution in [3.63, 3.8) is 0 Å². The molecule has 1 unspecified atom stereocenters. The first kappa shape index (κ1) is 14.3. The fourth-order valence-electron chi connectivity index (χ4n) is 1.85. The molecule has 3 rings (SSSR count). The van der Waals surface area contributed by atoms with E-state index >= 15 is 0 Å². The first-order chi connectivity index (χ1) is 10.6. The minimum Gasteiger partial charge on any atom is -0.339 e. The van der Waals surface area contributed by atoms with E-state index in [4.69, 9.17) is 16.1 Å². The van der Waals surface area contributed by atoms with Crippen LogP contribution in [0.15, 0.2) is 41.1 Å². The first-order valence-corrected chi connectivity index (χ1v) is 6.91. The molecule has 1 aromatic carbocycles. The topological polar surface area (TPSA) is 96.7 Å². The van der Waals surface area contributed by atoms with Crippen molar-refractivity contribution in [1.29, 1.82) is 0 Å². The molecule has 0 fully saturated rings. The number of hydrogen-bond donors (Lipinski definition) is 2. The van der Waals surface area contributed by atoms with Gasteiger partial charge in [-0.1, -0.05) is 16.8 Å². The number of halogens is 1. The molecule has 8 heteroatoms. The highest BCUT2D eigenvalue weighted by atomic mass is 35.5. The zero-order chi connectivity index (χ0) is 15.5. The van der Waals surface area contributed by atoms with Crippen LogP contribution in [-0.2, 0) is 0 Å². The lowest BCUT2D eigenvalue weighted by Gasteiger charge is -2.07. The van der Waals surface area contributed by atoms with E-state index in [0.717, 1.165) is 5.56 Å². The van der Waals surface area contributed by atoms with Crippen molar-refractivity contribution in [2.45, 2.75) is 13.0 Å². The van der Waals surface area contributed by atoms with E-state index in [1.807, 2.05) is 0 Å². The van der Waals surface area contributed by atoms with Crippen LogP contribution in [0.5, 0.6) is 0 Å². The lowest BCUT2D eigenvalue weighted by Crippen LogP contribution is -2.27. The maximum atomic E-state index is 11.9. The van der Waals surface area contributed by atoms with Crippen LogP contribution >= 0.6 is 11.6 Å². The molecule has 0 radical (unpaired) electrons. The van der Waals surface area contributed by atoms with Crippen molar-refractivity contribution in [3.05, 3.63) is 53.1 Å². The van der Waals surface area contributed by atoms with Crippen molar-refractivity contribution < 1.29 is 9.32 Å². The predicted molar refractivity (Wildman–Crippen MR) is 79.2 cm³/mol. The number of nitrogens with one attached hydrogen (secondary N) is 2. The average molecular weight is 318 g/mol. The molecule has 0 aliphatic rings. The summed E-state index contributed by atoms with van der Waals surface area (Å²) in [5.74, 6) is 0.461. The van der Waals surface area contributed by atoms with Crippen molar-refractivity contribution >= 4 is 17.5 Å². The van der Waals surface area contributed by atoms with Crippen LogP contribution < -0.4 is 5.32 Å². The van der Waals surface area contributed by atoms with Gasteiger partial charge in [-0.25, -0.2) is 0 Å². The lowest BCUT2D eigenvalue weighted by atomic mass is 10.2. The molecule has 1 atom stereocenters. The van der Waals surface area contributed by atoms with E-state index in [1.165, 1.54) is 6.20 Å². The van der Waals surface area contributed by atoms with Crippen LogP contribution in [0.3, 0.4) is 0 Å². The van der Waals surface area contributed by atoms with Crippen molar-refractivity contribution in [2.75, 3.05) is 0 Å². The summed E-state index contributed by atoms with van der Waals surface area (Å²) < 4.78 is 5.19. The highest BCUT2D eigenvalue weighted by Crippen LogP contribution is 2.20. The number of H-pyrrole nitrogens is 1. The Kier molecular flexibility index (Phi) is 3.88. The normalized spacial score (nSPS) is 12.1. The van der Waals surface area contributed by atoms with Gasteiger partial charge in [0.25, 0.3) is 5.91 Å². The number of nitrogens with zero attached hydrogens (tertiary/aromatic N) is 3. The smallest absolute Gasteiger partial charge is 0.269 e. The quantitative estimate of drug-likeness (QED) is 0.771. The monoisotopic (exact) mass is 317 g/mol. The number of hydrogen-bond acceptors (Lipinski definition) is 5. The zero-order valence-corrected chi connectivity index (χ0v) is 12.3. The minimum atomic E-state index is -0.427. The Labute approximate surface area is 130 Å². The molecule has 7 nitrogen and oxygen atoms in total. The van der Waals surface area contributed by atoms with E-state index in [-0.39, 0.29) is 5.91 Å². The van der Waals surface area contributed by atoms with Gasteiger partial charge in [-0.3, -0.25) is 9.89 Å². The molecule has 2 N–H and O–H groups in total. The number of carbonyl (C=O) groups is 1. The molecule has 2 aromatic heterocycles. The summed E-state index contributed by atoms with van der Waals surface area (Å²) in [7, 11) is 0. The van der Waals surface area contributed by atoms with Crippen LogP contribution in [-0.4, -0.2) is 26.2 Å². The third-order valence-corrected chi connectivity index (χ3v) is 3.26. The summed E-state index contributed by atoms with van der Waals surface area (Å²) in [5, 5.41) is 13.6. The molecular weight excluding hydrogens is 306 g/mol. The Bertz CT molecular complexity index is 767. The summed E-state index contributed by atoms with van der Waals surface area (Å²) in [6.45, 7) is 1.76. The molecule has 0 bridgehead atoms. The van der Waals surface area contributed by atoms with E-state index in [2.05, 4.69) is 25.7 Å². The number of rotatable bonds is 4. The van der Waals surface area contributed by atoms with Crippen LogP contribution in [0.2, 0.25) is 5.02 Å². The van der Waals surface area contributed by atoms with Crippen molar-refractivity contribution in [1.82, 2.24) is 25.7 Å². The number of carbonyl (C=O) groups excluding carboxylic acids is 1. The zero-order valence-electron chi connectivity index (χ0n) is 11.6. The summed E-state index contributed by atoms with van der Waals surface area (Å²) >= 11 is 5.84. The predicted octanol–water partition coefficient (Wildman–Crippen LogP) is 2.60. The molecule has 0 aliphatic carbocycles. The van der Waals surface area contributed by atoms with E-state index in [9.17, 15) is 4.79 Å². The molecule has 112 valence electrons. The highest BCUT2D eigenvalue weighted by molar-refractivity contribution is 6.30. The first-order valence-electron chi connectivity index (χ1n) is 6.53. The molecule has 22 heavy (non-hydrogen) atoms. The lowest BCUT2D eigenvalue weighted by molar-refractivity contribution is 0.0927. The van der Waals surface area contributed by atoms with E-state index in [0.29, 0.717) is 22.4 Å². The summed E-state index contributed by atoms with van der Waals surface area (Å²) in [6.07, 6.45) is 1.50. The summed E-state index contributed by atoms with van der Waals surface area (Å²) in [5.41, 5.74) is 1.15. The van der Waals surface area contributed by atoms with Gasteiger partial charge in [-0.05, 0) is 37.3 Å². The number of amides is 1. The molecule has 2 heterocycles. The van der Waals surface area contributed by atoms with Crippen LogP contribution in [0.4, 0.5) is 0 Å². The SMILES string of the molecule is CC(NC(=O)c1ccn[nH]1)c1nc(-c2ccc(Cl)cc2)no1. The van der Waals surface area contributed by atoms with Gasteiger partial charge in [0.2, 0.25) is 11.7 Å². The van der Waals surface area contributed by atoms with Crippen LogP contribution in [0.25, 0.3) is 11.4 Å². The van der Waals surface area contributed by atoms with Gasteiger partial charge in [-0.15, -0.1) is 0 Å². The second-order valence-corrected chi connectivity index (χ2v) is 5.07. The Morgan fingerprint density at radius 1 is 1.32 bits per heavy atom. The maximum Gasteiger partial charge on any atom is 0.269 e. The van der Waals surface area contributed by atoms with Gasteiger partial charge >= 0.3 is 0 Å². The second kappa shape index (κ2) is 5.98. The third-order valence-electron chi connectivity index (χ3n) is 3.01. The van der Waals surface area contributed by atoms with Gasteiger partial charge in [0.15, 0.2) is 0 Å². The summed E-state index contributed by atoms with van der Waals surface area (Å²) in [6, 6.07) is 8.24. The Hall–Kier alpha value is -2.67. The third kappa shape index (κ3) is 2.99. The van der Waals surface area contributed by atoms with Crippen molar-refractivity contribution in [3.8, 4) is 11.4 Å². The van der Waals surface area contributed by atoms with Gasteiger partial charge in [0.1, 0.15) is 11.7 Å². The van der Waals surface area contributed by atoms with E-state index in [1.54, 1.807) is 37.3 Å². The summed E-state index contributed by atoms with van der Waals surface area (Å²) in [4.78, 5) is 16.2. The second-order valence-electron chi connectivity index (χ2n) is 4.63. The molecule has 1 amide bonds. The Balaban J connectivity index is 1.73. The fourth-order valence-corrected chi connectivity index (χ4v) is 1.97. The van der Waals surface area contributed by atoms with Gasteiger partial charge in [0.05, 0.1) is 0 Å². The fraction of sp³-hybridized carbons (Fsp3) is 0.143. The average Bonchev–Trinajstić information content (AvgIpc) is 3.20. The van der Waals surface area contributed by atoms with Crippen molar-refractivity contribution in [2.24, 2.45) is 0 Å². The van der Waals surface area contributed by atoms with Gasteiger partial charge < -0.3 is 9.84 Å². The Morgan fingerprint density at radius 3 is 2.77 bits per heavy atom. The number of benzene rings is 1. The molecular formula is C14H12ClN5O2. The largest absolute Gasteiger partial charge is 0.339 e. The molecule has 0 saturated heterocycles. The molecule has 0 saturated carbocycles. The van der Waals surface area contributed by atoms with E-state index < -0.39 is 6.04 Å². The molecule has 0 spiro atoms. The van der Waals surface area contributed by atoms with Crippen LogP contribution in [0, 0.1) is 0 Å². The molecule has 3 aromatic rings. The maximum absolute atomic E-state index is 11.9. The van der Waals surface area contributed by atoms with Gasteiger partial charge in [-0.2, -0.15) is 10.1 Å². The number of aromatic nitrogens is 4.